The van der Waals surface area contributed by atoms with E-state index in [2.05, 4.69) is 26.2 Å². The van der Waals surface area contributed by atoms with Crippen LogP contribution in [0.1, 0.15) is 25.7 Å². The van der Waals surface area contributed by atoms with E-state index in [0.29, 0.717) is 11.2 Å². The van der Waals surface area contributed by atoms with E-state index in [0.717, 1.165) is 29.8 Å². The van der Waals surface area contributed by atoms with Crippen LogP contribution in [0.5, 0.6) is 5.75 Å². The second-order valence-electron chi connectivity index (χ2n) is 5.27. The van der Waals surface area contributed by atoms with Crippen LogP contribution in [0.25, 0.3) is 11.3 Å². The summed E-state index contributed by atoms with van der Waals surface area (Å²) in [6, 6.07) is 8.00. The molecule has 0 spiro atoms. The molecule has 1 saturated carbocycles. The molecule has 2 aromatic rings. The third kappa shape index (κ3) is 3.87. The van der Waals surface area contributed by atoms with Crippen molar-refractivity contribution in [1.29, 1.82) is 0 Å². The number of benzene rings is 1. The van der Waals surface area contributed by atoms with Crippen LogP contribution in [0.4, 0.5) is 5.13 Å². The van der Waals surface area contributed by atoms with Gasteiger partial charge in [0.25, 0.3) is 0 Å². The monoisotopic (exact) mass is 380 g/mol. The number of carbonyl (C=O) groups is 1. The van der Waals surface area contributed by atoms with Gasteiger partial charge in [0.1, 0.15) is 5.75 Å². The van der Waals surface area contributed by atoms with Gasteiger partial charge < -0.3 is 10.1 Å². The summed E-state index contributed by atoms with van der Waals surface area (Å²) in [5, 5.41) is 5.57. The summed E-state index contributed by atoms with van der Waals surface area (Å²) in [6.07, 6.45) is 5.22. The second kappa shape index (κ2) is 7.24. The number of nitrogens with one attached hydrogen (secondary N) is 1. The summed E-state index contributed by atoms with van der Waals surface area (Å²) >= 11 is 4.54. The molecule has 1 aromatic heterocycles. The van der Waals surface area contributed by atoms with Crippen LogP contribution in [0.3, 0.4) is 0 Å². The van der Waals surface area contributed by atoms with Gasteiger partial charge in [0.05, 0.1) is 17.1 Å². The molecule has 4 nitrogen and oxygen atoms in total. The highest BCUT2D eigenvalue weighted by atomic mass is 79.9. The zero-order valence-electron chi connectivity index (χ0n) is 12.0. The summed E-state index contributed by atoms with van der Waals surface area (Å²) in [6.45, 7) is 0. The number of thiazole rings is 1. The first kappa shape index (κ1) is 15.5. The van der Waals surface area contributed by atoms with Crippen LogP contribution < -0.4 is 10.1 Å². The number of halogens is 1. The van der Waals surface area contributed by atoms with E-state index in [1.54, 1.807) is 0 Å². The molecule has 1 fully saturated rings. The fourth-order valence-corrected chi connectivity index (χ4v) is 3.40. The van der Waals surface area contributed by atoms with Crippen molar-refractivity contribution in [3.8, 4) is 17.0 Å². The molecular formula is C16H17BrN2O2S. The number of hydrogen-bond donors (Lipinski definition) is 1. The van der Waals surface area contributed by atoms with E-state index in [1.165, 1.54) is 24.2 Å². The normalized spacial score (nSPS) is 15.0. The number of amides is 1. The van der Waals surface area contributed by atoms with Gasteiger partial charge in [0.15, 0.2) is 5.13 Å². The lowest BCUT2D eigenvalue weighted by atomic mass is 10.2. The average Bonchev–Trinajstić information content (AvgIpc) is 3.20. The standard InChI is InChI=1S/C16H17BrN2O2S/c17-9-15(20)19-16-18-14(10-22-16)11-5-7-13(8-6-11)21-12-3-1-2-4-12/h5-8,10,12H,1-4,9H2,(H,18,19,20). The third-order valence-corrected chi connectivity index (χ3v) is 4.89. The fourth-order valence-electron chi connectivity index (χ4n) is 2.52. The Morgan fingerprint density at radius 3 is 2.73 bits per heavy atom. The number of nitrogens with zero attached hydrogens (tertiary/aromatic N) is 1. The molecule has 3 rings (SSSR count). The molecule has 1 aliphatic carbocycles. The average molecular weight is 381 g/mol. The Labute approximate surface area is 142 Å². The van der Waals surface area contributed by atoms with Crippen molar-refractivity contribution < 1.29 is 9.53 Å². The minimum absolute atomic E-state index is 0.0961. The maximum atomic E-state index is 11.3. The lowest BCUT2D eigenvalue weighted by Gasteiger charge is -2.12. The first-order chi connectivity index (χ1) is 10.7. The molecule has 116 valence electrons. The maximum absolute atomic E-state index is 11.3. The van der Waals surface area contributed by atoms with Gasteiger partial charge in [-0.25, -0.2) is 4.98 Å². The molecule has 1 N–H and O–H groups in total. The minimum atomic E-state index is -0.0961. The highest BCUT2D eigenvalue weighted by Crippen LogP contribution is 2.28. The van der Waals surface area contributed by atoms with Crippen LogP contribution in [-0.4, -0.2) is 22.3 Å². The van der Waals surface area contributed by atoms with Gasteiger partial charge in [-0.3, -0.25) is 4.79 Å². The molecule has 6 heteroatoms. The Bertz CT molecular complexity index is 636. The Morgan fingerprint density at radius 2 is 2.05 bits per heavy atom. The van der Waals surface area contributed by atoms with Crippen molar-refractivity contribution in [3.63, 3.8) is 0 Å². The predicted octanol–water partition coefficient (Wildman–Crippen LogP) is 4.46. The van der Waals surface area contributed by atoms with E-state index in [9.17, 15) is 4.79 Å². The molecule has 0 bridgehead atoms. The largest absolute Gasteiger partial charge is 0.490 e. The molecule has 1 aromatic carbocycles. The number of anilines is 1. The quantitative estimate of drug-likeness (QED) is 0.778. The van der Waals surface area contributed by atoms with E-state index in [-0.39, 0.29) is 11.2 Å². The molecule has 1 heterocycles. The summed E-state index contributed by atoms with van der Waals surface area (Å²) in [7, 11) is 0. The number of rotatable bonds is 5. The second-order valence-corrected chi connectivity index (χ2v) is 6.69. The number of aromatic nitrogens is 1. The zero-order chi connectivity index (χ0) is 15.4. The molecule has 0 saturated heterocycles. The molecule has 1 amide bonds. The zero-order valence-corrected chi connectivity index (χ0v) is 14.5. The molecule has 0 unspecified atom stereocenters. The molecule has 0 atom stereocenters. The van der Waals surface area contributed by atoms with Crippen molar-refractivity contribution in [2.75, 3.05) is 10.6 Å². The van der Waals surface area contributed by atoms with E-state index in [1.807, 2.05) is 29.6 Å². The number of alkyl halides is 1. The van der Waals surface area contributed by atoms with Crippen molar-refractivity contribution in [1.82, 2.24) is 4.98 Å². The fraction of sp³-hybridized carbons (Fsp3) is 0.375. The van der Waals surface area contributed by atoms with Gasteiger partial charge in [0.2, 0.25) is 5.91 Å². The van der Waals surface area contributed by atoms with E-state index in [4.69, 9.17) is 4.74 Å². The smallest absolute Gasteiger partial charge is 0.236 e. The molecule has 1 aliphatic rings. The van der Waals surface area contributed by atoms with Crippen LogP contribution in [0.15, 0.2) is 29.6 Å². The van der Waals surface area contributed by atoms with Gasteiger partial charge >= 0.3 is 0 Å². The molecule has 0 radical (unpaired) electrons. The molecule has 0 aliphatic heterocycles. The SMILES string of the molecule is O=C(CBr)Nc1nc(-c2ccc(OC3CCCC3)cc2)cs1. The molecular weight excluding hydrogens is 364 g/mol. The van der Waals surface area contributed by atoms with Gasteiger partial charge in [-0.15, -0.1) is 11.3 Å². The Hall–Kier alpha value is -1.40. The minimum Gasteiger partial charge on any atom is -0.490 e. The number of ether oxygens (including phenoxy) is 1. The van der Waals surface area contributed by atoms with Crippen LogP contribution in [0.2, 0.25) is 0 Å². The Morgan fingerprint density at radius 1 is 1.32 bits per heavy atom. The predicted molar refractivity (Wildman–Crippen MR) is 92.9 cm³/mol. The van der Waals surface area contributed by atoms with Crippen molar-refractivity contribution in [2.45, 2.75) is 31.8 Å². The third-order valence-electron chi connectivity index (χ3n) is 3.63. The van der Waals surface area contributed by atoms with Gasteiger partial charge in [0, 0.05) is 10.9 Å². The maximum Gasteiger partial charge on any atom is 0.236 e. The van der Waals surface area contributed by atoms with Crippen molar-refractivity contribution in [3.05, 3.63) is 29.6 Å². The lowest BCUT2D eigenvalue weighted by Crippen LogP contribution is -2.11. The van der Waals surface area contributed by atoms with E-state index < -0.39 is 0 Å². The highest BCUT2D eigenvalue weighted by Gasteiger charge is 2.16. The van der Waals surface area contributed by atoms with Crippen LogP contribution in [-0.2, 0) is 4.79 Å². The topological polar surface area (TPSA) is 51.2 Å². The van der Waals surface area contributed by atoms with Gasteiger partial charge in [-0.2, -0.15) is 0 Å². The van der Waals surface area contributed by atoms with E-state index >= 15 is 0 Å². The highest BCUT2D eigenvalue weighted by molar-refractivity contribution is 9.09. The van der Waals surface area contributed by atoms with Crippen molar-refractivity contribution >= 4 is 38.3 Å². The number of hydrogen-bond acceptors (Lipinski definition) is 4. The van der Waals surface area contributed by atoms with Crippen LogP contribution >= 0.6 is 27.3 Å². The first-order valence-electron chi connectivity index (χ1n) is 7.33. The summed E-state index contributed by atoms with van der Waals surface area (Å²) < 4.78 is 5.96. The summed E-state index contributed by atoms with van der Waals surface area (Å²) in [4.78, 5) is 15.8. The number of carbonyl (C=O) groups excluding carboxylic acids is 1. The van der Waals surface area contributed by atoms with Crippen molar-refractivity contribution in [2.24, 2.45) is 0 Å². The summed E-state index contributed by atoms with van der Waals surface area (Å²) in [5.41, 5.74) is 1.89. The molecule has 22 heavy (non-hydrogen) atoms. The Kier molecular flexibility index (Phi) is 5.10. The lowest BCUT2D eigenvalue weighted by molar-refractivity contribution is -0.113. The Balaban J connectivity index is 1.65. The van der Waals surface area contributed by atoms with Gasteiger partial charge in [-0.05, 0) is 49.9 Å². The van der Waals surface area contributed by atoms with Gasteiger partial charge in [-0.1, -0.05) is 15.9 Å². The van der Waals surface area contributed by atoms with Crippen LogP contribution in [0, 0.1) is 0 Å². The first-order valence-corrected chi connectivity index (χ1v) is 9.33. The summed E-state index contributed by atoms with van der Waals surface area (Å²) in [5.74, 6) is 0.819.